The van der Waals surface area contributed by atoms with Gasteiger partial charge in [-0.2, -0.15) is 11.8 Å². The predicted molar refractivity (Wildman–Crippen MR) is 84.3 cm³/mol. The van der Waals surface area contributed by atoms with E-state index in [1.54, 1.807) is 11.3 Å². The van der Waals surface area contributed by atoms with Crippen molar-refractivity contribution < 1.29 is 0 Å². The number of thiophene rings is 1. The number of aryl methyl sites for hydroxylation is 1. The molecule has 2 aromatic rings. The summed E-state index contributed by atoms with van der Waals surface area (Å²) < 4.78 is 0. The largest absolute Gasteiger partial charge is 0.221 e. The number of fused-ring (bicyclic) bond motifs is 1. The van der Waals surface area contributed by atoms with Crippen LogP contribution in [0.4, 0.5) is 0 Å². The van der Waals surface area contributed by atoms with E-state index in [1.165, 1.54) is 16.4 Å². The van der Waals surface area contributed by atoms with E-state index in [2.05, 4.69) is 18.0 Å². The van der Waals surface area contributed by atoms with E-state index in [-0.39, 0.29) is 0 Å². The summed E-state index contributed by atoms with van der Waals surface area (Å²) in [6.45, 7) is 2.15. The van der Waals surface area contributed by atoms with Crippen LogP contribution in [0.1, 0.15) is 22.9 Å². The fourth-order valence-electron chi connectivity index (χ4n) is 1.91. The van der Waals surface area contributed by atoms with Crippen molar-refractivity contribution in [1.29, 1.82) is 0 Å². The molecule has 0 amide bonds. The molecule has 0 N–H and O–H groups in total. The lowest BCUT2D eigenvalue weighted by atomic mass is 10.3. The second-order valence-electron chi connectivity index (χ2n) is 4.09. The minimum Gasteiger partial charge on any atom is -0.221 e. The number of thioether (sulfide) groups is 2. The van der Waals surface area contributed by atoms with Gasteiger partial charge in [-0.05, 0) is 12.5 Å². The lowest BCUT2D eigenvalue weighted by Gasteiger charge is -2.19. The molecule has 1 fully saturated rings. The lowest BCUT2D eigenvalue weighted by Crippen LogP contribution is -2.10. The van der Waals surface area contributed by atoms with Gasteiger partial charge in [-0.3, -0.25) is 0 Å². The van der Waals surface area contributed by atoms with Crippen LogP contribution in [0.2, 0.25) is 5.15 Å². The van der Waals surface area contributed by atoms with E-state index >= 15 is 0 Å². The van der Waals surface area contributed by atoms with Crippen LogP contribution in [0.3, 0.4) is 0 Å². The minimum atomic E-state index is 0.401. The van der Waals surface area contributed by atoms with Crippen molar-refractivity contribution in [2.75, 3.05) is 17.3 Å². The van der Waals surface area contributed by atoms with Gasteiger partial charge >= 0.3 is 0 Å². The molecule has 0 aliphatic carbocycles. The summed E-state index contributed by atoms with van der Waals surface area (Å²) in [6.07, 6.45) is 1.03. The molecule has 0 radical (unpaired) electrons. The Morgan fingerprint density at radius 3 is 3.00 bits per heavy atom. The molecule has 1 unspecified atom stereocenters. The highest BCUT2D eigenvalue weighted by Crippen LogP contribution is 2.37. The zero-order valence-corrected chi connectivity index (χ0v) is 13.2. The zero-order valence-electron chi connectivity index (χ0n) is 9.98. The van der Waals surface area contributed by atoms with Crippen LogP contribution in [0.15, 0.2) is 6.07 Å². The SMILES string of the molecule is CCc1cc2c(Cl)nc(C3CSCCS3)nc2s1. The van der Waals surface area contributed by atoms with E-state index in [0.29, 0.717) is 10.4 Å². The molecule has 0 bridgehead atoms. The third-order valence-electron chi connectivity index (χ3n) is 2.87. The molecular weight excluding hydrogens is 304 g/mol. The van der Waals surface area contributed by atoms with Gasteiger partial charge < -0.3 is 0 Å². The van der Waals surface area contributed by atoms with Gasteiger partial charge in [-0.15, -0.1) is 23.1 Å². The highest BCUT2D eigenvalue weighted by atomic mass is 35.5. The second kappa shape index (κ2) is 5.57. The number of aromatic nitrogens is 2. The average Bonchev–Trinajstić information content (AvgIpc) is 2.83. The van der Waals surface area contributed by atoms with Gasteiger partial charge in [0.05, 0.1) is 5.25 Å². The lowest BCUT2D eigenvalue weighted by molar-refractivity contribution is 0.946. The smallest absolute Gasteiger partial charge is 0.145 e. The Morgan fingerprint density at radius 2 is 2.28 bits per heavy atom. The van der Waals surface area contributed by atoms with E-state index in [9.17, 15) is 0 Å². The van der Waals surface area contributed by atoms with Crippen molar-refractivity contribution in [3.63, 3.8) is 0 Å². The molecule has 0 saturated carbocycles. The number of halogens is 1. The molecule has 0 spiro atoms. The van der Waals surface area contributed by atoms with Crippen LogP contribution in [-0.4, -0.2) is 27.2 Å². The Kier molecular flexibility index (Phi) is 4.03. The summed E-state index contributed by atoms with van der Waals surface area (Å²) in [6, 6.07) is 2.12. The van der Waals surface area contributed by atoms with Gasteiger partial charge in [0.2, 0.25) is 0 Å². The molecule has 1 aliphatic rings. The third kappa shape index (κ3) is 2.50. The average molecular weight is 317 g/mol. The zero-order chi connectivity index (χ0) is 12.5. The van der Waals surface area contributed by atoms with Gasteiger partial charge in [-0.25, -0.2) is 9.97 Å². The summed E-state index contributed by atoms with van der Waals surface area (Å²) in [7, 11) is 0. The normalized spacial score (nSPS) is 20.4. The number of rotatable bonds is 2. The Morgan fingerprint density at radius 1 is 1.39 bits per heavy atom. The summed E-state index contributed by atoms with van der Waals surface area (Å²) in [5.41, 5.74) is 0. The maximum Gasteiger partial charge on any atom is 0.145 e. The number of nitrogens with zero attached hydrogens (tertiary/aromatic N) is 2. The summed E-state index contributed by atoms with van der Waals surface area (Å²) >= 11 is 12.0. The maximum absolute atomic E-state index is 6.29. The molecule has 1 saturated heterocycles. The molecule has 2 nitrogen and oxygen atoms in total. The molecule has 6 heteroatoms. The van der Waals surface area contributed by atoms with Crippen molar-refractivity contribution in [2.24, 2.45) is 0 Å². The predicted octanol–water partition coefficient (Wildman–Crippen LogP) is 4.43. The Labute approximate surface area is 124 Å². The van der Waals surface area contributed by atoms with Crippen LogP contribution < -0.4 is 0 Å². The van der Waals surface area contributed by atoms with E-state index in [1.807, 2.05) is 23.5 Å². The van der Waals surface area contributed by atoms with Crippen LogP contribution in [0.25, 0.3) is 10.2 Å². The van der Waals surface area contributed by atoms with Gasteiger partial charge in [-0.1, -0.05) is 18.5 Å². The summed E-state index contributed by atoms with van der Waals surface area (Å²) in [5, 5.41) is 2.02. The summed E-state index contributed by atoms with van der Waals surface area (Å²) in [5.74, 6) is 4.42. The fourth-order valence-corrected chi connectivity index (χ4v) is 5.77. The molecule has 1 aliphatic heterocycles. The van der Waals surface area contributed by atoms with Crippen LogP contribution in [-0.2, 0) is 6.42 Å². The van der Waals surface area contributed by atoms with Crippen molar-refractivity contribution in [2.45, 2.75) is 18.6 Å². The van der Waals surface area contributed by atoms with E-state index in [0.717, 1.165) is 28.2 Å². The third-order valence-corrected chi connectivity index (χ3v) is 7.08. The van der Waals surface area contributed by atoms with Crippen molar-refractivity contribution in [3.8, 4) is 0 Å². The van der Waals surface area contributed by atoms with Gasteiger partial charge in [0.1, 0.15) is 15.8 Å². The molecule has 2 aromatic heterocycles. The van der Waals surface area contributed by atoms with Crippen LogP contribution in [0.5, 0.6) is 0 Å². The molecule has 18 heavy (non-hydrogen) atoms. The minimum absolute atomic E-state index is 0.401. The first-order chi connectivity index (χ1) is 8.78. The topological polar surface area (TPSA) is 25.8 Å². The number of hydrogen-bond acceptors (Lipinski definition) is 5. The van der Waals surface area contributed by atoms with Crippen molar-refractivity contribution in [3.05, 3.63) is 21.9 Å². The standard InChI is InChI=1S/C12H13ClN2S3/c1-2-7-5-8-10(13)14-11(15-12(8)18-7)9-6-16-3-4-17-9/h5,9H,2-4,6H2,1H3. The first-order valence-electron chi connectivity index (χ1n) is 5.93. The van der Waals surface area contributed by atoms with Crippen molar-refractivity contribution >= 4 is 56.7 Å². The Hall–Kier alpha value is 0.0300. The van der Waals surface area contributed by atoms with Crippen LogP contribution in [0, 0.1) is 0 Å². The van der Waals surface area contributed by atoms with Gasteiger partial charge in [0, 0.05) is 27.5 Å². The maximum atomic E-state index is 6.29. The van der Waals surface area contributed by atoms with Crippen molar-refractivity contribution in [1.82, 2.24) is 9.97 Å². The highest BCUT2D eigenvalue weighted by molar-refractivity contribution is 8.06. The molecule has 3 heterocycles. The highest BCUT2D eigenvalue weighted by Gasteiger charge is 2.21. The molecular formula is C12H13ClN2S3. The Bertz CT molecular complexity index is 564. The molecule has 3 rings (SSSR count). The van der Waals surface area contributed by atoms with Gasteiger partial charge in [0.15, 0.2) is 0 Å². The fraction of sp³-hybridized carbons (Fsp3) is 0.500. The van der Waals surface area contributed by atoms with E-state index in [4.69, 9.17) is 16.6 Å². The van der Waals surface area contributed by atoms with Gasteiger partial charge in [0.25, 0.3) is 0 Å². The first-order valence-corrected chi connectivity index (χ1v) is 9.33. The molecule has 96 valence electrons. The Balaban J connectivity index is 2.02. The van der Waals surface area contributed by atoms with Crippen LogP contribution >= 0.6 is 46.5 Å². The quantitative estimate of drug-likeness (QED) is 0.766. The second-order valence-corrected chi connectivity index (χ2v) is 8.03. The molecule has 1 atom stereocenters. The molecule has 0 aromatic carbocycles. The number of hydrogen-bond donors (Lipinski definition) is 0. The van der Waals surface area contributed by atoms with E-state index < -0.39 is 0 Å². The first kappa shape index (κ1) is 13.0. The monoisotopic (exact) mass is 316 g/mol. The summed E-state index contributed by atoms with van der Waals surface area (Å²) in [4.78, 5) is 11.6.